The van der Waals surface area contributed by atoms with E-state index in [-0.39, 0.29) is 23.9 Å². The van der Waals surface area contributed by atoms with Gasteiger partial charge in [0.2, 0.25) is 15.9 Å². The first-order valence-electron chi connectivity index (χ1n) is 12.5. The Bertz CT molecular complexity index is 1320. The van der Waals surface area contributed by atoms with E-state index in [9.17, 15) is 13.2 Å². The second-order valence-corrected chi connectivity index (χ2v) is 12.2. The van der Waals surface area contributed by atoms with Crippen LogP contribution in [0.1, 0.15) is 67.6 Å². The van der Waals surface area contributed by atoms with E-state index >= 15 is 0 Å². The van der Waals surface area contributed by atoms with Gasteiger partial charge in [-0.25, -0.2) is 8.42 Å². The van der Waals surface area contributed by atoms with Crippen molar-refractivity contribution >= 4 is 15.9 Å². The number of allylic oxidation sites excluding steroid dienone is 1. The predicted octanol–water partition coefficient (Wildman–Crippen LogP) is 4.41. The lowest BCUT2D eigenvalue weighted by atomic mass is 9.69. The summed E-state index contributed by atoms with van der Waals surface area (Å²) in [5, 5.41) is 0. The van der Waals surface area contributed by atoms with Crippen LogP contribution >= 0.6 is 0 Å². The van der Waals surface area contributed by atoms with Gasteiger partial charge in [0.25, 0.3) is 0 Å². The summed E-state index contributed by atoms with van der Waals surface area (Å²) in [6, 6.07) is 10.5. The zero-order chi connectivity index (χ0) is 24.2. The van der Waals surface area contributed by atoms with E-state index in [1.54, 1.807) is 28.6 Å². The number of hydrogen-bond donors (Lipinski definition) is 0. The summed E-state index contributed by atoms with van der Waals surface area (Å²) in [5.74, 6) is 4.69. The molecule has 2 aromatic rings. The topological polar surface area (TPSA) is 70.8 Å². The maximum absolute atomic E-state index is 13.6. The summed E-state index contributed by atoms with van der Waals surface area (Å²) in [5.41, 5.74) is 0.754. The summed E-state index contributed by atoms with van der Waals surface area (Å²) in [4.78, 5) is 15.8. The largest absolute Gasteiger partial charge is 0.464 e. The maximum atomic E-state index is 13.6. The molecule has 1 aromatic heterocycles. The number of carbonyl (C=O) groups is 1. The van der Waals surface area contributed by atoms with Gasteiger partial charge < -0.3 is 9.32 Å². The number of carbonyl (C=O) groups excluding carboxylic acids is 1. The van der Waals surface area contributed by atoms with Gasteiger partial charge in [0, 0.05) is 37.8 Å². The minimum absolute atomic E-state index is 0.0397. The van der Waals surface area contributed by atoms with Crippen molar-refractivity contribution in [3.8, 4) is 12.3 Å². The highest BCUT2D eigenvalue weighted by atomic mass is 32.2. The summed E-state index contributed by atoms with van der Waals surface area (Å²) in [6.07, 6.45) is 14.8. The summed E-state index contributed by atoms with van der Waals surface area (Å²) in [7, 11) is -3.64. The van der Waals surface area contributed by atoms with Crippen LogP contribution in [0, 0.1) is 17.8 Å². The summed E-state index contributed by atoms with van der Waals surface area (Å²) < 4.78 is 35.3. The number of hydrogen-bond acceptors (Lipinski definition) is 4. The van der Waals surface area contributed by atoms with Crippen molar-refractivity contribution in [1.29, 1.82) is 0 Å². The fraction of sp³-hybridized carbons (Fsp3) is 0.464. The number of amides is 1. The number of aryl methyl sites for hydroxylation is 1. The van der Waals surface area contributed by atoms with Crippen LogP contribution in [-0.4, -0.2) is 42.7 Å². The van der Waals surface area contributed by atoms with Gasteiger partial charge in [-0.2, -0.15) is 4.31 Å². The average Bonchev–Trinajstić information content (AvgIpc) is 3.46. The molecule has 2 fully saturated rings. The molecule has 1 spiro atoms. The molecule has 35 heavy (non-hydrogen) atoms. The molecule has 0 saturated carbocycles. The SMILES string of the molecule is C#CCCc1cc2c(o1)[C@H]1N3C(=O)CCC/C=C\[C@@H]3C[C@]13CN(S(=O)(=O)c1ccccc1)CC[C@H]23. The lowest BCUT2D eigenvalue weighted by Crippen LogP contribution is -2.50. The summed E-state index contributed by atoms with van der Waals surface area (Å²) >= 11 is 0. The number of piperidine rings is 1. The second-order valence-electron chi connectivity index (χ2n) is 10.3. The molecule has 4 heterocycles. The Morgan fingerprint density at radius 1 is 1.23 bits per heavy atom. The van der Waals surface area contributed by atoms with Crippen molar-refractivity contribution in [3.63, 3.8) is 0 Å². The van der Waals surface area contributed by atoms with E-state index < -0.39 is 15.4 Å². The zero-order valence-corrected chi connectivity index (χ0v) is 20.5. The highest BCUT2D eigenvalue weighted by Crippen LogP contribution is 2.67. The van der Waals surface area contributed by atoms with Gasteiger partial charge in [-0.1, -0.05) is 30.4 Å². The molecule has 0 N–H and O–H groups in total. The van der Waals surface area contributed by atoms with Crippen molar-refractivity contribution in [2.45, 2.75) is 67.8 Å². The van der Waals surface area contributed by atoms with Crippen molar-refractivity contribution in [1.82, 2.24) is 9.21 Å². The molecule has 4 atom stereocenters. The Kier molecular flexibility index (Phi) is 5.43. The van der Waals surface area contributed by atoms with Crippen LogP contribution in [0.15, 0.2) is 57.9 Å². The molecular weight excluding hydrogens is 460 g/mol. The third kappa shape index (κ3) is 3.41. The molecule has 0 unspecified atom stereocenters. The lowest BCUT2D eigenvalue weighted by molar-refractivity contribution is -0.135. The minimum Gasteiger partial charge on any atom is -0.464 e. The highest BCUT2D eigenvalue weighted by Gasteiger charge is 2.66. The van der Waals surface area contributed by atoms with Gasteiger partial charge in [0.15, 0.2) is 0 Å². The molecule has 2 saturated heterocycles. The number of sulfonamides is 1. The predicted molar refractivity (Wildman–Crippen MR) is 132 cm³/mol. The number of furan rings is 1. The van der Waals surface area contributed by atoms with Gasteiger partial charge in [-0.15, -0.1) is 12.3 Å². The molecule has 3 aliphatic heterocycles. The fourth-order valence-electron chi connectivity index (χ4n) is 6.95. The molecule has 0 radical (unpaired) electrons. The normalized spacial score (nSPS) is 31.0. The van der Waals surface area contributed by atoms with Crippen LogP contribution in [0.2, 0.25) is 0 Å². The smallest absolute Gasteiger partial charge is 0.243 e. The number of terminal acetylenes is 1. The molecule has 1 aliphatic carbocycles. The quantitative estimate of drug-likeness (QED) is 0.470. The highest BCUT2D eigenvalue weighted by molar-refractivity contribution is 7.89. The third-order valence-corrected chi connectivity index (χ3v) is 10.2. The molecule has 7 heteroatoms. The monoisotopic (exact) mass is 490 g/mol. The molecule has 6 nitrogen and oxygen atoms in total. The first kappa shape index (κ1) is 22.6. The van der Waals surface area contributed by atoms with E-state index in [1.807, 2.05) is 11.0 Å². The van der Waals surface area contributed by atoms with Crippen LogP contribution in [0.3, 0.4) is 0 Å². The second kappa shape index (κ2) is 8.39. The van der Waals surface area contributed by atoms with Gasteiger partial charge in [0.1, 0.15) is 11.5 Å². The summed E-state index contributed by atoms with van der Waals surface area (Å²) in [6.45, 7) is 0.840. The first-order valence-corrected chi connectivity index (χ1v) is 14.0. The molecule has 0 bridgehead atoms. The number of benzene rings is 1. The van der Waals surface area contributed by atoms with Gasteiger partial charge in [0.05, 0.1) is 17.0 Å². The van der Waals surface area contributed by atoms with Crippen LogP contribution in [0.25, 0.3) is 0 Å². The van der Waals surface area contributed by atoms with E-state index in [1.165, 1.54) is 0 Å². The minimum atomic E-state index is -3.64. The third-order valence-electron chi connectivity index (χ3n) is 8.37. The Morgan fingerprint density at radius 2 is 2.06 bits per heavy atom. The number of fused-ring (bicyclic) bond motifs is 5. The van der Waals surface area contributed by atoms with E-state index in [4.69, 9.17) is 10.8 Å². The molecule has 6 rings (SSSR count). The molecular formula is C28H30N2O4S. The number of nitrogens with zero attached hydrogens (tertiary/aromatic N) is 2. The molecule has 1 aromatic carbocycles. The molecule has 4 aliphatic rings. The zero-order valence-electron chi connectivity index (χ0n) is 19.7. The lowest BCUT2D eigenvalue weighted by Gasteiger charge is -2.44. The molecule has 182 valence electrons. The van der Waals surface area contributed by atoms with Gasteiger partial charge in [-0.05, 0) is 55.4 Å². The van der Waals surface area contributed by atoms with E-state index in [0.717, 1.165) is 36.3 Å². The Balaban J connectivity index is 1.44. The Morgan fingerprint density at radius 3 is 2.86 bits per heavy atom. The standard InChI is InChI=1S/C28H30N2O4S/c1-2-3-11-21-17-23-24-15-16-29(35(32,33)22-12-7-5-8-13-22)19-28(24)18-20-10-6-4-9-14-25(31)30(20)27(28)26(23)34-21/h1,5-8,10,12-13,17,20,24,27H,3-4,9,11,14-16,18-19H2/b10-6-/t20-,24-,27-,28-/m1/s1. The average molecular weight is 491 g/mol. The Hall–Kier alpha value is -2.82. The maximum Gasteiger partial charge on any atom is 0.243 e. The van der Waals surface area contributed by atoms with Crippen molar-refractivity contribution in [3.05, 3.63) is 65.6 Å². The fourth-order valence-corrected chi connectivity index (χ4v) is 8.51. The van der Waals surface area contributed by atoms with Crippen LogP contribution < -0.4 is 0 Å². The van der Waals surface area contributed by atoms with Gasteiger partial charge >= 0.3 is 0 Å². The molecule has 1 amide bonds. The van der Waals surface area contributed by atoms with Crippen molar-refractivity contribution in [2.75, 3.05) is 13.1 Å². The first-order chi connectivity index (χ1) is 17.0. The number of rotatable bonds is 4. The van der Waals surface area contributed by atoms with E-state index in [0.29, 0.717) is 43.7 Å². The van der Waals surface area contributed by atoms with Gasteiger partial charge in [-0.3, -0.25) is 4.79 Å². The van der Waals surface area contributed by atoms with Crippen LogP contribution in [-0.2, 0) is 21.2 Å². The van der Waals surface area contributed by atoms with Crippen LogP contribution in [0.4, 0.5) is 0 Å². The van der Waals surface area contributed by atoms with Crippen molar-refractivity contribution in [2.24, 2.45) is 5.41 Å². The Labute approximate surface area is 207 Å². The van der Waals surface area contributed by atoms with Crippen LogP contribution in [0.5, 0.6) is 0 Å². The van der Waals surface area contributed by atoms with Crippen molar-refractivity contribution < 1.29 is 17.6 Å². The van der Waals surface area contributed by atoms with E-state index in [2.05, 4.69) is 24.1 Å².